The Balaban J connectivity index is 2.00. The first-order valence-corrected chi connectivity index (χ1v) is 5.81. The van der Waals surface area contributed by atoms with Crippen molar-refractivity contribution in [3.8, 4) is 0 Å². The molecule has 0 saturated carbocycles. The third-order valence-corrected chi connectivity index (χ3v) is 3.32. The Morgan fingerprint density at radius 3 is 2.93 bits per heavy atom. The Bertz CT molecular complexity index is 349. The SMILES string of the molecule is O=C(O)c1cnc(NC2CCSC2)cn1. The van der Waals surface area contributed by atoms with E-state index >= 15 is 0 Å². The van der Waals surface area contributed by atoms with Crippen molar-refractivity contribution in [2.45, 2.75) is 12.5 Å². The molecule has 1 aromatic heterocycles. The van der Waals surface area contributed by atoms with Gasteiger partial charge in [-0.15, -0.1) is 0 Å². The predicted molar refractivity (Wildman–Crippen MR) is 58.3 cm³/mol. The minimum Gasteiger partial charge on any atom is -0.476 e. The van der Waals surface area contributed by atoms with E-state index in [1.54, 1.807) is 0 Å². The lowest BCUT2D eigenvalue weighted by Gasteiger charge is -2.10. The van der Waals surface area contributed by atoms with Crippen LogP contribution in [0.5, 0.6) is 0 Å². The molecular formula is C9H11N3O2S. The number of rotatable bonds is 3. The summed E-state index contributed by atoms with van der Waals surface area (Å²) in [6.45, 7) is 0. The topological polar surface area (TPSA) is 75.1 Å². The first kappa shape index (κ1) is 10.2. The predicted octanol–water partition coefficient (Wildman–Crippen LogP) is 1.09. The van der Waals surface area contributed by atoms with Crippen LogP contribution in [0, 0.1) is 0 Å². The van der Waals surface area contributed by atoms with Crippen molar-refractivity contribution < 1.29 is 9.90 Å². The smallest absolute Gasteiger partial charge is 0.356 e. The van der Waals surface area contributed by atoms with E-state index in [9.17, 15) is 4.79 Å². The molecule has 2 N–H and O–H groups in total. The molecule has 1 unspecified atom stereocenters. The van der Waals surface area contributed by atoms with Gasteiger partial charge < -0.3 is 10.4 Å². The molecule has 80 valence electrons. The molecule has 1 aromatic rings. The van der Waals surface area contributed by atoms with E-state index < -0.39 is 5.97 Å². The number of nitrogens with zero attached hydrogens (tertiary/aromatic N) is 2. The molecule has 0 aliphatic carbocycles. The van der Waals surface area contributed by atoms with Crippen LogP contribution >= 0.6 is 11.8 Å². The number of carboxylic acids is 1. The molecular weight excluding hydrogens is 214 g/mol. The van der Waals surface area contributed by atoms with Crippen LogP contribution in [0.1, 0.15) is 16.9 Å². The van der Waals surface area contributed by atoms with Crippen LogP contribution < -0.4 is 5.32 Å². The number of thioether (sulfide) groups is 1. The first-order valence-electron chi connectivity index (χ1n) is 4.65. The van der Waals surface area contributed by atoms with E-state index in [0.717, 1.165) is 17.9 Å². The summed E-state index contributed by atoms with van der Waals surface area (Å²) in [5.74, 6) is 1.83. The van der Waals surface area contributed by atoms with Crippen LogP contribution in [0.15, 0.2) is 12.4 Å². The normalized spacial score (nSPS) is 20.1. The van der Waals surface area contributed by atoms with E-state index in [0.29, 0.717) is 11.9 Å². The van der Waals surface area contributed by atoms with Gasteiger partial charge in [0, 0.05) is 11.8 Å². The Morgan fingerprint density at radius 1 is 1.53 bits per heavy atom. The first-order chi connectivity index (χ1) is 7.25. The molecule has 0 spiro atoms. The number of aromatic nitrogens is 2. The van der Waals surface area contributed by atoms with Gasteiger partial charge in [-0.25, -0.2) is 14.8 Å². The zero-order valence-electron chi connectivity index (χ0n) is 8.01. The fourth-order valence-electron chi connectivity index (χ4n) is 1.37. The summed E-state index contributed by atoms with van der Waals surface area (Å²) in [4.78, 5) is 18.3. The molecule has 0 aromatic carbocycles. The lowest BCUT2D eigenvalue weighted by atomic mass is 10.3. The maximum atomic E-state index is 10.5. The van der Waals surface area contributed by atoms with Gasteiger partial charge in [0.25, 0.3) is 0 Å². The zero-order valence-corrected chi connectivity index (χ0v) is 8.83. The summed E-state index contributed by atoms with van der Waals surface area (Å²) >= 11 is 1.90. The fourth-order valence-corrected chi connectivity index (χ4v) is 2.52. The number of hydrogen-bond acceptors (Lipinski definition) is 5. The van der Waals surface area contributed by atoms with Gasteiger partial charge in [0.15, 0.2) is 5.69 Å². The molecule has 1 atom stereocenters. The minimum absolute atomic E-state index is 0.0265. The Labute approximate surface area is 91.3 Å². The number of aromatic carboxylic acids is 1. The molecule has 0 amide bonds. The van der Waals surface area contributed by atoms with Gasteiger partial charge in [0.1, 0.15) is 5.82 Å². The Morgan fingerprint density at radius 2 is 2.40 bits per heavy atom. The van der Waals surface area contributed by atoms with Gasteiger partial charge in [-0.3, -0.25) is 0 Å². The quantitative estimate of drug-likeness (QED) is 0.802. The molecule has 2 heterocycles. The summed E-state index contributed by atoms with van der Waals surface area (Å²) < 4.78 is 0. The van der Waals surface area contributed by atoms with Gasteiger partial charge in [0.2, 0.25) is 0 Å². The Kier molecular flexibility index (Phi) is 3.05. The number of nitrogens with one attached hydrogen (secondary N) is 1. The standard InChI is InChI=1S/C9H11N3O2S/c13-9(14)7-3-11-8(4-10-7)12-6-1-2-15-5-6/h3-4,6H,1-2,5H2,(H,11,12)(H,13,14). The Hall–Kier alpha value is -1.30. The van der Waals surface area contributed by atoms with Crippen LogP contribution in [-0.4, -0.2) is 38.6 Å². The summed E-state index contributed by atoms with van der Waals surface area (Å²) in [6.07, 6.45) is 3.85. The molecule has 1 aliphatic rings. The van der Waals surface area contributed by atoms with Crippen molar-refractivity contribution in [2.75, 3.05) is 16.8 Å². The highest BCUT2D eigenvalue weighted by atomic mass is 32.2. The molecule has 0 bridgehead atoms. The van der Waals surface area contributed by atoms with E-state index in [1.165, 1.54) is 12.4 Å². The minimum atomic E-state index is -1.05. The van der Waals surface area contributed by atoms with Crippen molar-refractivity contribution in [1.82, 2.24) is 9.97 Å². The summed E-state index contributed by atoms with van der Waals surface area (Å²) in [6, 6.07) is 0.431. The van der Waals surface area contributed by atoms with E-state index in [4.69, 9.17) is 5.11 Å². The summed E-state index contributed by atoms with van der Waals surface area (Å²) in [5, 5.41) is 11.9. The zero-order chi connectivity index (χ0) is 10.7. The average Bonchev–Trinajstić information content (AvgIpc) is 2.71. The van der Waals surface area contributed by atoms with Gasteiger partial charge in [-0.1, -0.05) is 0 Å². The second-order valence-corrected chi connectivity index (χ2v) is 4.45. The van der Waals surface area contributed by atoms with Crippen LogP contribution in [0.2, 0.25) is 0 Å². The maximum Gasteiger partial charge on any atom is 0.356 e. The summed E-state index contributed by atoms with van der Waals surface area (Å²) in [5.41, 5.74) is -0.0265. The monoisotopic (exact) mass is 225 g/mol. The van der Waals surface area contributed by atoms with E-state index in [2.05, 4.69) is 15.3 Å². The van der Waals surface area contributed by atoms with Crippen molar-refractivity contribution >= 4 is 23.5 Å². The molecule has 15 heavy (non-hydrogen) atoms. The van der Waals surface area contributed by atoms with Crippen LogP contribution in [0.3, 0.4) is 0 Å². The number of hydrogen-bond donors (Lipinski definition) is 2. The fraction of sp³-hybridized carbons (Fsp3) is 0.444. The summed E-state index contributed by atoms with van der Waals surface area (Å²) in [7, 11) is 0. The molecule has 5 nitrogen and oxygen atoms in total. The molecule has 0 radical (unpaired) electrons. The van der Waals surface area contributed by atoms with Crippen LogP contribution in [-0.2, 0) is 0 Å². The van der Waals surface area contributed by atoms with Gasteiger partial charge in [-0.05, 0) is 12.2 Å². The second kappa shape index (κ2) is 4.48. The lowest BCUT2D eigenvalue weighted by molar-refractivity contribution is 0.0690. The molecule has 1 fully saturated rings. The number of anilines is 1. The average molecular weight is 225 g/mol. The highest BCUT2D eigenvalue weighted by molar-refractivity contribution is 7.99. The van der Waals surface area contributed by atoms with Crippen molar-refractivity contribution in [3.63, 3.8) is 0 Å². The molecule has 2 rings (SSSR count). The van der Waals surface area contributed by atoms with E-state index in [-0.39, 0.29) is 5.69 Å². The van der Waals surface area contributed by atoms with Gasteiger partial charge in [0.05, 0.1) is 12.4 Å². The molecule has 1 aliphatic heterocycles. The second-order valence-electron chi connectivity index (χ2n) is 3.30. The highest BCUT2D eigenvalue weighted by Gasteiger charge is 2.15. The largest absolute Gasteiger partial charge is 0.476 e. The third-order valence-electron chi connectivity index (χ3n) is 2.15. The van der Waals surface area contributed by atoms with Gasteiger partial charge in [-0.2, -0.15) is 11.8 Å². The van der Waals surface area contributed by atoms with Crippen molar-refractivity contribution in [2.24, 2.45) is 0 Å². The van der Waals surface area contributed by atoms with Crippen LogP contribution in [0.25, 0.3) is 0 Å². The third kappa shape index (κ3) is 2.59. The van der Waals surface area contributed by atoms with Crippen molar-refractivity contribution in [1.29, 1.82) is 0 Å². The van der Waals surface area contributed by atoms with E-state index in [1.807, 2.05) is 11.8 Å². The number of carboxylic acid groups (broad SMARTS) is 1. The van der Waals surface area contributed by atoms with Crippen molar-refractivity contribution in [3.05, 3.63) is 18.1 Å². The van der Waals surface area contributed by atoms with Gasteiger partial charge >= 0.3 is 5.97 Å². The molecule has 6 heteroatoms. The highest BCUT2D eigenvalue weighted by Crippen LogP contribution is 2.19. The molecule has 1 saturated heterocycles. The number of carbonyl (C=O) groups is 1. The lowest BCUT2D eigenvalue weighted by Crippen LogP contribution is -2.19. The van der Waals surface area contributed by atoms with Crippen LogP contribution in [0.4, 0.5) is 5.82 Å². The maximum absolute atomic E-state index is 10.5.